The van der Waals surface area contributed by atoms with Gasteiger partial charge in [-0.15, -0.1) is 0 Å². The minimum Gasteiger partial charge on any atom is -0.382 e. The third-order valence-corrected chi connectivity index (χ3v) is 6.82. The molecule has 1 heterocycles. The van der Waals surface area contributed by atoms with Gasteiger partial charge in [-0.05, 0) is 45.3 Å². The number of hydrogen-bond acceptors (Lipinski definition) is 7. The number of sulfone groups is 1. The Kier molecular flexibility index (Phi) is 6.67. The van der Waals surface area contributed by atoms with Crippen LogP contribution >= 0.6 is 0 Å². The molecule has 0 aliphatic heterocycles. The maximum absolute atomic E-state index is 12.8. The summed E-state index contributed by atoms with van der Waals surface area (Å²) in [5.41, 5.74) is 7.51. The normalized spacial score (nSPS) is 12.5. The van der Waals surface area contributed by atoms with E-state index in [2.05, 4.69) is 15.3 Å². The van der Waals surface area contributed by atoms with Gasteiger partial charge in [0, 0.05) is 17.8 Å². The van der Waals surface area contributed by atoms with E-state index in [4.69, 9.17) is 5.73 Å². The summed E-state index contributed by atoms with van der Waals surface area (Å²) in [5.74, 6) is -0.469. The van der Waals surface area contributed by atoms with Gasteiger partial charge < -0.3 is 16.0 Å². The zero-order chi connectivity index (χ0) is 22.6. The number of nitrogens with one attached hydrogen (secondary N) is 1. The van der Waals surface area contributed by atoms with E-state index >= 15 is 0 Å². The third kappa shape index (κ3) is 5.25. The summed E-state index contributed by atoms with van der Waals surface area (Å²) in [6, 6.07) is 15.3. The molecule has 2 aromatic carbocycles. The van der Waals surface area contributed by atoms with Gasteiger partial charge in [-0.1, -0.05) is 30.3 Å². The van der Waals surface area contributed by atoms with Crippen molar-refractivity contribution in [2.45, 2.75) is 17.1 Å². The second-order valence-electron chi connectivity index (χ2n) is 7.45. The molecule has 3 N–H and O–H groups in total. The molecule has 0 aliphatic carbocycles. The molecule has 8 nitrogen and oxygen atoms in total. The van der Waals surface area contributed by atoms with Gasteiger partial charge in [-0.2, -0.15) is 0 Å². The zero-order valence-corrected chi connectivity index (χ0v) is 18.4. The molecule has 162 valence electrons. The van der Waals surface area contributed by atoms with Crippen molar-refractivity contribution in [1.82, 2.24) is 14.9 Å². The lowest BCUT2D eigenvalue weighted by Crippen LogP contribution is -2.30. The van der Waals surface area contributed by atoms with Gasteiger partial charge in [-0.3, -0.25) is 4.79 Å². The number of nitrogen functional groups attached to an aromatic ring is 1. The van der Waals surface area contributed by atoms with Gasteiger partial charge in [0.2, 0.25) is 0 Å². The Morgan fingerprint density at radius 2 is 1.74 bits per heavy atom. The first-order chi connectivity index (χ1) is 14.7. The minimum absolute atomic E-state index is 0.00217. The van der Waals surface area contributed by atoms with Gasteiger partial charge in [0.15, 0.2) is 21.3 Å². The fourth-order valence-electron chi connectivity index (χ4n) is 3.08. The van der Waals surface area contributed by atoms with Crippen LogP contribution in [0.25, 0.3) is 11.3 Å². The van der Waals surface area contributed by atoms with Crippen molar-refractivity contribution in [3.63, 3.8) is 0 Å². The van der Waals surface area contributed by atoms with Crippen LogP contribution in [0.4, 0.5) is 11.5 Å². The van der Waals surface area contributed by atoms with Crippen molar-refractivity contribution in [2.24, 2.45) is 0 Å². The van der Waals surface area contributed by atoms with Gasteiger partial charge in [-0.25, -0.2) is 18.4 Å². The molecule has 0 aliphatic rings. The van der Waals surface area contributed by atoms with E-state index < -0.39 is 21.0 Å². The van der Waals surface area contributed by atoms with E-state index in [1.807, 2.05) is 25.1 Å². The SMILES string of the molecule is C[C@H](CN(C)C)S(=O)(=O)c1ccc(-c2cnc(N)c(C(=O)Nc3ccccc3)n2)cc1. The Balaban J connectivity index is 1.85. The average molecular weight is 440 g/mol. The highest BCUT2D eigenvalue weighted by Crippen LogP contribution is 2.23. The molecule has 31 heavy (non-hydrogen) atoms. The summed E-state index contributed by atoms with van der Waals surface area (Å²) in [6.07, 6.45) is 1.45. The Bertz CT molecular complexity index is 1160. The molecule has 1 aromatic heterocycles. The number of carbonyl (C=O) groups is 1. The van der Waals surface area contributed by atoms with Crippen molar-refractivity contribution in [2.75, 3.05) is 31.7 Å². The molecule has 0 bridgehead atoms. The molecule has 3 aromatic rings. The van der Waals surface area contributed by atoms with Crippen LogP contribution in [0, 0.1) is 0 Å². The molecule has 0 saturated carbocycles. The van der Waals surface area contributed by atoms with Crippen LogP contribution in [-0.4, -0.2) is 55.1 Å². The number of nitrogens with zero attached hydrogens (tertiary/aromatic N) is 3. The number of anilines is 2. The highest BCUT2D eigenvalue weighted by atomic mass is 32.2. The van der Waals surface area contributed by atoms with Crippen LogP contribution in [-0.2, 0) is 9.84 Å². The molecule has 0 radical (unpaired) electrons. The number of hydrogen-bond donors (Lipinski definition) is 2. The quantitative estimate of drug-likeness (QED) is 0.581. The highest BCUT2D eigenvalue weighted by Gasteiger charge is 2.24. The highest BCUT2D eigenvalue weighted by molar-refractivity contribution is 7.92. The Morgan fingerprint density at radius 3 is 2.35 bits per heavy atom. The topological polar surface area (TPSA) is 118 Å². The van der Waals surface area contributed by atoms with Crippen molar-refractivity contribution >= 4 is 27.2 Å². The first kappa shape index (κ1) is 22.4. The average Bonchev–Trinajstić information content (AvgIpc) is 2.74. The monoisotopic (exact) mass is 439 g/mol. The van der Waals surface area contributed by atoms with Gasteiger partial charge in [0.25, 0.3) is 5.91 Å². The lowest BCUT2D eigenvalue weighted by Gasteiger charge is -2.17. The van der Waals surface area contributed by atoms with Crippen molar-refractivity contribution in [1.29, 1.82) is 0 Å². The number of benzene rings is 2. The molecule has 0 saturated heterocycles. The standard InChI is InChI=1S/C22H25N5O3S/c1-15(14-27(2)3)31(29,30)18-11-9-16(10-12-18)19-13-24-21(23)20(26-19)22(28)25-17-7-5-4-6-8-17/h4-13,15H,14H2,1-3H3,(H2,23,24)(H,25,28)/t15-/m1/s1. The van der Waals surface area contributed by atoms with E-state index in [-0.39, 0.29) is 16.4 Å². The number of carbonyl (C=O) groups excluding carboxylic acids is 1. The maximum atomic E-state index is 12.8. The number of para-hydroxylation sites is 1. The van der Waals surface area contributed by atoms with Crippen LogP contribution in [0.3, 0.4) is 0 Å². The molecule has 9 heteroatoms. The number of nitrogens with two attached hydrogens (primary N) is 1. The van der Waals surface area contributed by atoms with Crippen molar-refractivity contribution in [3.8, 4) is 11.3 Å². The van der Waals surface area contributed by atoms with Crippen LogP contribution in [0.5, 0.6) is 0 Å². The van der Waals surface area contributed by atoms with Crippen LogP contribution in [0.2, 0.25) is 0 Å². The summed E-state index contributed by atoms with van der Waals surface area (Å²) in [7, 11) is 0.210. The maximum Gasteiger partial charge on any atom is 0.278 e. The van der Waals surface area contributed by atoms with Gasteiger partial charge in [0.05, 0.1) is 22.0 Å². The smallest absolute Gasteiger partial charge is 0.278 e. The summed E-state index contributed by atoms with van der Waals surface area (Å²) in [6.45, 7) is 2.11. The molecule has 1 amide bonds. The Morgan fingerprint density at radius 1 is 1.10 bits per heavy atom. The number of rotatable bonds is 7. The van der Waals surface area contributed by atoms with Crippen molar-refractivity contribution < 1.29 is 13.2 Å². The van der Waals surface area contributed by atoms with Gasteiger partial charge >= 0.3 is 0 Å². The van der Waals surface area contributed by atoms with Crippen LogP contribution < -0.4 is 11.1 Å². The largest absolute Gasteiger partial charge is 0.382 e. The van der Waals surface area contributed by atoms with E-state index in [9.17, 15) is 13.2 Å². The molecule has 0 spiro atoms. The summed E-state index contributed by atoms with van der Waals surface area (Å²) in [5, 5.41) is 2.19. The van der Waals surface area contributed by atoms with E-state index in [0.717, 1.165) is 0 Å². The van der Waals surface area contributed by atoms with E-state index in [1.165, 1.54) is 6.20 Å². The minimum atomic E-state index is -3.46. The lowest BCUT2D eigenvalue weighted by atomic mass is 10.1. The van der Waals surface area contributed by atoms with Crippen molar-refractivity contribution in [3.05, 3.63) is 66.5 Å². The fraction of sp³-hybridized carbons (Fsp3) is 0.227. The lowest BCUT2D eigenvalue weighted by molar-refractivity contribution is 0.102. The number of amides is 1. The molecule has 0 fully saturated rings. The molecular formula is C22H25N5O3S. The number of aromatic nitrogens is 2. The predicted molar refractivity (Wildman–Crippen MR) is 121 cm³/mol. The first-order valence-corrected chi connectivity index (χ1v) is 11.2. The summed E-state index contributed by atoms with van der Waals surface area (Å²) >= 11 is 0. The summed E-state index contributed by atoms with van der Waals surface area (Å²) < 4.78 is 25.5. The van der Waals surface area contributed by atoms with E-state index in [1.54, 1.807) is 55.5 Å². The second kappa shape index (κ2) is 9.23. The Hall–Kier alpha value is -3.30. The first-order valence-electron chi connectivity index (χ1n) is 9.66. The molecule has 1 atom stereocenters. The molecular weight excluding hydrogens is 414 g/mol. The fourth-order valence-corrected chi connectivity index (χ4v) is 4.55. The van der Waals surface area contributed by atoms with Gasteiger partial charge in [0.1, 0.15) is 0 Å². The zero-order valence-electron chi connectivity index (χ0n) is 17.6. The molecule has 0 unspecified atom stereocenters. The van der Waals surface area contributed by atoms with Crippen LogP contribution in [0.15, 0.2) is 65.7 Å². The second-order valence-corrected chi connectivity index (χ2v) is 9.82. The molecule has 3 rings (SSSR count). The third-order valence-electron chi connectivity index (χ3n) is 4.68. The van der Waals surface area contributed by atoms with E-state index in [0.29, 0.717) is 23.5 Å². The predicted octanol–water partition coefficient (Wildman–Crippen LogP) is 2.70. The Labute approximate surface area is 182 Å². The summed E-state index contributed by atoms with van der Waals surface area (Å²) in [4.78, 5) is 23.1. The van der Waals surface area contributed by atoms with Crippen LogP contribution in [0.1, 0.15) is 17.4 Å².